The van der Waals surface area contributed by atoms with Crippen LogP contribution in [0, 0.1) is 5.92 Å². The number of hydrogen-bond donors (Lipinski definition) is 1. The maximum absolute atomic E-state index is 13.1. The Labute approximate surface area is 184 Å². The van der Waals surface area contributed by atoms with Crippen molar-refractivity contribution in [2.75, 3.05) is 20.8 Å². The van der Waals surface area contributed by atoms with Crippen LogP contribution in [0.3, 0.4) is 0 Å². The van der Waals surface area contributed by atoms with E-state index in [1.165, 1.54) is 0 Å². The Morgan fingerprint density at radius 2 is 1.84 bits per heavy atom. The third kappa shape index (κ3) is 5.57. The zero-order chi connectivity index (χ0) is 22.4. The summed E-state index contributed by atoms with van der Waals surface area (Å²) in [6, 6.07) is 13.2. The molecule has 6 heteroatoms. The first-order valence-electron chi connectivity index (χ1n) is 10.8. The number of nitrogens with one attached hydrogen (secondary N) is 1. The molecule has 6 nitrogen and oxygen atoms in total. The van der Waals surface area contributed by atoms with Crippen molar-refractivity contribution in [3.63, 3.8) is 0 Å². The van der Waals surface area contributed by atoms with Gasteiger partial charge in [0.05, 0.1) is 14.2 Å². The van der Waals surface area contributed by atoms with Crippen molar-refractivity contribution in [2.45, 2.75) is 45.7 Å². The van der Waals surface area contributed by atoms with Crippen molar-refractivity contribution < 1.29 is 19.1 Å². The Morgan fingerprint density at radius 1 is 1.10 bits per heavy atom. The first kappa shape index (κ1) is 22.7. The molecule has 1 unspecified atom stereocenters. The summed E-state index contributed by atoms with van der Waals surface area (Å²) < 4.78 is 10.7. The lowest BCUT2D eigenvalue weighted by Gasteiger charge is -2.36. The summed E-state index contributed by atoms with van der Waals surface area (Å²) in [6.07, 6.45) is 1.58. The lowest BCUT2D eigenvalue weighted by Crippen LogP contribution is -2.53. The molecule has 166 valence electrons. The number of fused-ring (bicyclic) bond motifs is 1. The molecule has 1 atom stereocenters. The van der Waals surface area contributed by atoms with Crippen LogP contribution in [0.4, 0.5) is 0 Å². The summed E-state index contributed by atoms with van der Waals surface area (Å²) >= 11 is 0. The molecular formula is C25H32N2O4. The van der Waals surface area contributed by atoms with Gasteiger partial charge in [-0.25, -0.2) is 0 Å². The highest BCUT2D eigenvalue weighted by Gasteiger charge is 2.34. The van der Waals surface area contributed by atoms with Crippen molar-refractivity contribution in [1.29, 1.82) is 0 Å². The lowest BCUT2D eigenvalue weighted by molar-refractivity contribution is -0.142. The van der Waals surface area contributed by atoms with Crippen molar-refractivity contribution in [2.24, 2.45) is 5.92 Å². The number of amides is 2. The predicted molar refractivity (Wildman–Crippen MR) is 120 cm³/mol. The summed E-state index contributed by atoms with van der Waals surface area (Å²) in [5.41, 5.74) is 3.21. The van der Waals surface area contributed by atoms with E-state index in [0.717, 1.165) is 28.2 Å². The van der Waals surface area contributed by atoms with E-state index in [-0.39, 0.29) is 17.7 Å². The summed E-state index contributed by atoms with van der Waals surface area (Å²) in [6.45, 7) is 4.97. The Morgan fingerprint density at radius 3 is 2.52 bits per heavy atom. The number of methoxy groups -OCH3 is 2. The second-order valence-electron chi connectivity index (χ2n) is 8.33. The van der Waals surface area contributed by atoms with Crippen molar-refractivity contribution in [3.8, 4) is 11.5 Å². The van der Waals surface area contributed by atoms with E-state index >= 15 is 0 Å². The molecule has 0 bridgehead atoms. The molecule has 1 heterocycles. The number of rotatable bonds is 8. The van der Waals surface area contributed by atoms with Crippen molar-refractivity contribution in [3.05, 3.63) is 59.2 Å². The third-order valence-corrected chi connectivity index (χ3v) is 5.64. The van der Waals surface area contributed by atoms with Gasteiger partial charge in [-0.15, -0.1) is 0 Å². The van der Waals surface area contributed by atoms with Gasteiger partial charge < -0.3 is 19.7 Å². The second-order valence-corrected chi connectivity index (χ2v) is 8.33. The van der Waals surface area contributed by atoms with Crippen LogP contribution in [0.25, 0.3) is 0 Å². The van der Waals surface area contributed by atoms with Crippen molar-refractivity contribution >= 4 is 11.8 Å². The molecule has 2 aromatic carbocycles. The zero-order valence-corrected chi connectivity index (χ0v) is 18.8. The molecule has 0 saturated carbocycles. The molecular weight excluding hydrogens is 392 g/mol. The number of carbonyl (C=O) groups excluding carboxylic acids is 2. The van der Waals surface area contributed by atoms with E-state index in [1.807, 2.05) is 56.3 Å². The fourth-order valence-electron chi connectivity index (χ4n) is 4.00. The minimum absolute atomic E-state index is 0.0270. The molecule has 1 aliphatic rings. The van der Waals surface area contributed by atoms with Crippen LogP contribution in [-0.4, -0.2) is 43.5 Å². The molecule has 2 amide bonds. The number of carbonyl (C=O) groups is 2. The Balaban J connectivity index is 1.70. The maximum Gasteiger partial charge on any atom is 0.243 e. The smallest absolute Gasteiger partial charge is 0.243 e. The minimum Gasteiger partial charge on any atom is -0.497 e. The first-order chi connectivity index (χ1) is 14.9. The van der Waals surface area contributed by atoms with E-state index in [1.54, 1.807) is 19.1 Å². The van der Waals surface area contributed by atoms with Gasteiger partial charge in [0.2, 0.25) is 11.8 Å². The SMILES string of the molecule is COc1ccc(OC)c(CCNC(=O)C2Cc3ccccc3CN2C(=O)CC(C)C)c1. The van der Waals surface area contributed by atoms with Gasteiger partial charge in [0.1, 0.15) is 17.5 Å². The standard InChI is InChI=1S/C25H32N2O4/c1-17(2)13-24(28)27-16-20-8-6-5-7-18(20)15-22(27)25(29)26-12-11-19-14-21(30-3)9-10-23(19)31-4/h5-10,14,17,22H,11-13,15-16H2,1-4H3,(H,26,29). The molecule has 0 radical (unpaired) electrons. The topological polar surface area (TPSA) is 67.9 Å². The molecule has 0 fully saturated rings. The largest absolute Gasteiger partial charge is 0.497 e. The molecule has 3 rings (SSSR count). The highest BCUT2D eigenvalue weighted by Crippen LogP contribution is 2.26. The Bertz CT molecular complexity index is 925. The van der Waals surface area contributed by atoms with Gasteiger partial charge in [0.15, 0.2) is 0 Å². The van der Waals surface area contributed by atoms with E-state index in [9.17, 15) is 9.59 Å². The molecule has 1 aliphatic heterocycles. The van der Waals surface area contributed by atoms with Crippen LogP contribution < -0.4 is 14.8 Å². The van der Waals surface area contributed by atoms with Crippen LogP contribution in [0.15, 0.2) is 42.5 Å². The van der Waals surface area contributed by atoms with Gasteiger partial charge in [-0.2, -0.15) is 0 Å². The lowest BCUT2D eigenvalue weighted by atomic mass is 9.92. The van der Waals surface area contributed by atoms with Crippen LogP contribution >= 0.6 is 0 Å². The number of ether oxygens (including phenoxy) is 2. The average Bonchev–Trinajstić information content (AvgIpc) is 2.77. The van der Waals surface area contributed by atoms with Gasteiger partial charge in [0, 0.05) is 25.9 Å². The summed E-state index contributed by atoms with van der Waals surface area (Å²) in [5, 5.41) is 3.03. The highest BCUT2D eigenvalue weighted by molar-refractivity contribution is 5.88. The number of nitrogens with zero attached hydrogens (tertiary/aromatic N) is 1. The van der Waals surface area contributed by atoms with Crippen LogP contribution in [0.5, 0.6) is 11.5 Å². The fourth-order valence-corrected chi connectivity index (χ4v) is 4.00. The average molecular weight is 425 g/mol. The summed E-state index contributed by atoms with van der Waals surface area (Å²) in [4.78, 5) is 27.8. The third-order valence-electron chi connectivity index (χ3n) is 5.64. The van der Waals surface area contributed by atoms with Gasteiger partial charge in [-0.05, 0) is 47.2 Å². The normalized spacial score (nSPS) is 15.4. The van der Waals surface area contributed by atoms with Crippen molar-refractivity contribution in [1.82, 2.24) is 10.2 Å². The molecule has 31 heavy (non-hydrogen) atoms. The Hall–Kier alpha value is -3.02. The fraction of sp³-hybridized carbons (Fsp3) is 0.440. The Kier molecular flexibility index (Phi) is 7.55. The second kappa shape index (κ2) is 10.3. The maximum atomic E-state index is 13.1. The van der Waals surface area contributed by atoms with Crippen LogP contribution in [-0.2, 0) is 29.0 Å². The van der Waals surface area contributed by atoms with Crippen LogP contribution in [0.1, 0.15) is 37.0 Å². The minimum atomic E-state index is -0.492. The molecule has 0 saturated heterocycles. The summed E-state index contributed by atoms with van der Waals surface area (Å²) in [5.74, 6) is 1.66. The first-order valence-corrected chi connectivity index (χ1v) is 10.8. The van der Waals surface area contributed by atoms with E-state index in [4.69, 9.17) is 9.47 Å². The highest BCUT2D eigenvalue weighted by atomic mass is 16.5. The van der Waals surface area contributed by atoms with E-state index < -0.39 is 6.04 Å². The quantitative estimate of drug-likeness (QED) is 0.706. The van der Waals surface area contributed by atoms with Gasteiger partial charge in [0.25, 0.3) is 0 Å². The molecule has 0 aliphatic carbocycles. The van der Waals surface area contributed by atoms with Gasteiger partial charge >= 0.3 is 0 Å². The monoisotopic (exact) mass is 424 g/mol. The van der Waals surface area contributed by atoms with E-state index in [2.05, 4.69) is 5.32 Å². The predicted octanol–water partition coefficient (Wildman–Crippen LogP) is 3.36. The summed E-state index contributed by atoms with van der Waals surface area (Å²) in [7, 11) is 3.25. The molecule has 2 aromatic rings. The zero-order valence-electron chi connectivity index (χ0n) is 18.8. The molecule has 0 spiro atoms. The number of hydrogen-bond acceptors (Lipinski definition) is 4. The van der Waals surface area contributed by atoms with E-state index in [0.29, 0.717) is 32.4 Å². The van der Waals surface area contributed by atoms with Crippen LogP contribution in [0.2, 0.25) is 0 Å². The molecule has 1 N–H and O–H groups in total. The number of benzene rings is 2. The van der Waals surface area contributed by atoms with Gasteiger partial charge in [-0.1, -0.05) is 38.1 Å². The van der Waals surface area contributed by atoms with Gasteiger partial charge in [-0.3, -0.25) is 9.59 Å². The molecule has 0 aromatic heterocycles.